The molecule has 0 radical (unpaired) electrons. The molecule has 12 heteroatoms. The van der Waals surface area contributed by atoms with E-state index in [1.165, 1.54) is 0 Å². The molecular weight excluding hydrogens is 491 g/mol. The molecule has 2 aromatic heterocycles. The summed E-state index contributed by atoms with van der Waals surface area (Å²) < 4.78 is 47.4. The molecule has 0 unspecified atom stereocenters. The predicted octanol–water partition coefficient (Wildman–Crippen LogP) is 4.50. The van der Waals surface area contributed by atoms with E-state index in [0.29, 0.717) is 24.2 Å². The lowest BCUT2D eigenvalue weighted by Gasteiger charge is -2.33. The van der Waals surface area contributed by atoms with Crippen molar-refractivity contribution in [3.63, 3.8) is 0 Å². The number of carboxylic acid groups (broad SMARTS) is 1. The van der Waals surface area contributed by atoms with E-state index in [0.717, 1.165) is 30.3 Å². The number of carbonyl (C=O) groups is 1. The molecule has 0 bridgehead atoms. The minimum absolute atomic E-state index is 0.0398. The van der Waals surface area contributed by atoms with Crippen LogP contribution in [0.3, 0.4) is 0 Å². The largest absolute Gasteiger partial charge is 0.481 e. The number of aliphatic carboxylic acids is 1. The van der Waals surface area contributed by atoms with Gasteiger partial charge in [-0.3, -0.25) is 9.48 Å². The Morgan fingerprint density at radius 2 is 1.95 bits per heavy atom. The van der Waals surface area contributed by atoms with Gasteiger partial charge in [-0.05, 0) is 36.8 Å². The number of hydrogen-bond acceptors (Lipinski definition) is 7. The molecule has 9 nitrogen and oxygen atoms in total. The number of β-amino-alcohol motifs (C(OH)–C–C–N with tert-alkyl or cyclic N) is 1. The van der Waals surface area contributed by atoms with Gasteiger partial charge >= 0.3 is 12.1 Å². The Labute approximate surface area is 211 Å². The maximum atomic E-state index is 13.8. The molecule has 1 aromatic carbocycles. The topological polar surface area (TPSA) is 118 Å². The van der Waals surface area contributed by atoms with Crippen molar-refractivity contribution in [1.29, 1.82) is 0 Å². The molecule has 3 heterocycles. The van der Waals surface area contributed by atoms with Crippen molar-refractivity contribution < 1.29 is 32.7 Å². The van der Waals surface area contributed by atoms with Crippen molar-refractivity contribution in [1.82, 2.24) is 24.8 Å². The first-order valence-electron chi connectivity index (χ1n) is 12.2. The fraction of sp³-hybridized carbons (Fsp3) is 0.520. The zero-order valence-corrected chi connectivity index (χ0v) is 20.6. The molecule has 0 amide bonds. The lowest BCUT2D eigenvalue weighted by molar-refractivity contribution is -0.144. The molecule has 0 saturated carbocycles. The number of nitrogens with zero attached hydrogens (tertiary/aromatic N) is 5. The predicted molar refractivity (Wildman–Crippen MR) is 127 cm³/mol. The molecule has 37 heavy (non-hydrogen) atoms. The summed E-state index contributed by atoms with van der Waals surface area (Å²) in [6.07, 6.45) is -2.46. The molecule has 3 aromatic rings. The Bertz CT molecular complexity index is 1210. The summed E-state index contributed by atoms with van der Waals surface area (Å²) in [5.41, 5.74) is -0.0319. The Morgan fingerprint density at radius 3 is 2.59 bits per heavy atom. The summed E-state index contributed by atoms with van der Waals surface area (Å²) in [7, 11) is 0. The number of benzene rings is 1. The van der Waals surface area contributed by atoms with E-state index in [2.05, 4.69) is 20.1 Å². The van der Waals surface area contributed by atoms with Crippen LogP contribution in [0.25, 0.3) is 22.8 Å². The quantitative estimate of drug-likeness (QED) is 0.423. The van der Waals surface area contributed by atoms with E-state index in [9.17, 15) is 23.1 Å². The van der Waals surface area contributed by atoms with Gasteiger partial charge in [-0.15, -0.1) is 0 Å². The molecule has 200 valence electrons. The van der Waals surface area contributed by atoms with Crippen LogP contribution in [0.1, 0.15) is 50.5 Å². The van der Waals surface area contributed by atoms with Crippen LogP contribution in [-0.2, 0) is 17.5 Å². The molecule has 0 spiro atoms. The second-order valence-corrected chi connectivity index (χ2v) is 9.91. The third-order valence-corrected chi connectivity index (χ3v) is 6.35. The molecule has 2 atom stereocenters. The van der Waals surface area contributed by atoms with Crippen LogP contribution in [0.15, 0.2) is 35.0 Å². The summed E-state index contributed by atoms with van der Waals surface area (Å²) in [5.74, 6) is -0.937. The van der Waals surface area contributed by atoms with E-state index in [1.54, 1.807) is 38.1 Å². The van der Waals surface area contributed by atoms with Gasteiger partial charge in [-0.1, -0.05) is 43.3 Å². The Morgan fingerprint density at radius 1 is 1.22 bits per heavy atom. The van der Waals surface area contributed by atoms with Gasteiger partial charge in [0, 0.05) is 31.6 Å². The summed E-state index contributed by atoms with van der Waals surface area (Å²) >= 11 is 0. The molecule has 1 saturated heterocycles. The van der Waals surface area contributed by atoms with Crippen LogP contribution in [0.4, 0.5) is 13.2 Å². The lowest BCUT2D eigenvalue weighted by atomic mass is 9.94. The standard InChI is InChI=1S/C25H30F3N5O4/c1-15(2)12-33-22(25(26,27)28)19(11-29-33)24-30-23(31-37-24)18-7-5-17(6-8-18)20(34)14-32-9-3-4-16(13-32)10-21(35)36/h5-8,11,15-16,20,34H,3-4,9-10,12-14H2,1-2H3,(H,35,36)/t16-,20+/m1/s1. The Hall–Kier alpha value is -3.25. The van der Waals surface area contributed by atoms with Gasteiger partial charge < -0.3 is 19.6 Å². The smallest absolute Gasteiger partial charge is 0.433 e. The number of aliphatic hydroxyl groups excluding tert-OH is 1. The number of carboxylic acids is 1. The first kappa shape index (κ1) is 26.8. The Balaban J connectivity index is 1.46. The third-order valence-electron chi connectivity index (χ3n) is 6.35. The molecule has 1 aliphatic heterocycles. The monoisotopic (exact) mass is 521 g/mol. The van der Waals surface area contributed by atoms with E-state index < -0.39 is 23.9 Å². The Kier molecular flexibility index (Phi) is 7.98. The van der Waals surface area contributed by atoms with Gasteiger partial charge in [0.1, 0.15) is 0 Å². The van der Waals surface area contributed by atoms with Crippen LogP contribution in [0.2, 0.25) is 0 Å². The maximum absolute atomic E-state index is 13.8. The number of likely N-dealkylation sites (tertiary alicyclic amines) is 1. The van der Waals surface area contributed by atoms with E-state index in [4.69, 9.17) is 9.63 Å². The summed E-state index contributed by atoms with van der Waals surface area (Å²) in [4.78, 5) is 17.2. The zero-order chi connectivity index (χ0) is 26.7. The average Bonchev–Trinajstić information content (AvgIpc) is 3.46. The van der Waals surface area contributed by atoms with Crippen molar-refractivity contribution in [3.05, 3.63) is 41.7 Å². The van der Waals surface area contributed by atoms with Crippen molar-refractivity contribution in [2.24, 2.45) is 11.8 Å². The number of halogens is 3. The number of alkyl halides is 3. The fourth-order valence-electron chi connectivity index (χ4n) is 4.71. The molecule has 4 rings (SSSR count). The van der Waals surface area contributed by atoms with Crippen LogP contribution < -0.4 is 0 Å². The van der Waals surface area contributed by atoms with Crippen molar-refractivity contribution in [2.75, 3.05) is 19.6 Å². The molecule has 1 aliphatic rings. The van der Waals surface area contributed by atoms with E-state index in [1.807, 2.05) is 0 Å². The van der Waals surface area contributed by atoms with Gasteiger partial charge in [0.2, 0.25) is 5.82 Å². The van der Waals surface area contributed by atoms with Gasteiger partial charge in [0.05, 0.1) is 17.9 Å². The van der Waals surface area contributed by atoms with Crippen LogP contribution in [0, 0.1) is 11.8 Å². The maximum Gasteiger partial charge on any atom is 0.433 e. The van der Waals surface area contributed by atoms with Crippen molar-refractivity contribution in [3.8, 4) is 22.8 Å². The number of rotatable bonds is 9. The van der Waals surface area contributed by atoms with E-state index >= 15 is 0 Å². The molecular formula is C25H30F3N5O4. The highest BCUT2D eigenvalue weighted by Gasteiger charge is 2.40. The second kappa shape index (κ2) is 11.0. The number of aliphatic hydroxyl groups is 1. The summed E-state index contributed by atoms with van der Waals surface area (Å²) in [5, 5.41) is 27.5. The van der Waals surface area contributed by atoms with Crippen LogP contribution in [0.5, 0.6) is 0 Å². The fourth-order valence-corrected chi connectivity index (χ4v) is 4.71. The van der Waals surface area contributed by atoms with Gasteiger partial charge in [0.25, 0.3) is 5.89 Å². The highest BCUT2D eigenvalue weighted by atomic mass is 19.4. The molecule has 2 N–H and O–H groups in total. The highest BCUT2D eigenvalue weighted by molar-refractivity contribution is 5.67. The van der Waals surface area contributed by atoms with Gasteiger partial charge in [-0.2, -0.15) is 23.3 Å². The minimum Gasteiger partial charge on any atom is -0.481 e. The number of piperidine rings is 1. The first-order valence-corrected chi connectivity index (χ1v) is 12.2. The molecule has 0 aliphatic carbocycles. The minimum atomic E-state index is -4.64. The van der Waals surface area contributed by atoms with E-state index in [-0.39, 0.29) is 42.1 Å². The third kappa shape index (κ3) is 6.55. The van der Waals surface area contributed by atoms with Crippen LogP contribution in [-0.4, -0.2) is 60.6 Å². The zero-order valence-electron chi connectivity index (χ0n) is 20.6. The summed E-state index contributed by atoms with van der Waals surface area (Å²) in [6, 6.07) is 6.75. The van der Waals surface area contributed by atoms with Crippen LogP contribution >= 0.6 is 0 Å². The normalized spacial score (nSPS) is 17.9. The summed E-state index contributed by atoms with van der Waals surface area (Å²) in [6.45, 7) is 5.50. The SMILES string of the molecule is CC(C)Cn1ncc(-c2nc(-c3ccc([C@@H](O)CN4CCC[C@H](CC(=O)O)C4)cc3)no2)c1C(F)(F)F. The lowest BCUT2D eigenvalue weighted by Crippen LogP contribution is -2.38. The number of aromatic nitrogens is 4. The van der Waals surface area contributed by atoms with Crippen molar-refractivity contribution >= 4 is 5.97 Å². The first-order chi connectivity index (χ1) is 17.5. The highest BCUT2D eigenvalue weighted by Crippen LogP contribution is 2.37. The number of hydrogen-bond donors (Lipinski definition) is 2. The second-order valence-electron chi connectivity index (χ2n) is 9.91. The van der Waals surface area contributed by atoms with Gasteiger partial charge in [0.15, 0.2) is 5.69 Å². The van der Waals surface area contributed by atoms with Crippen molar-refractivity contribution in [2.45, 2.75) is 51.9 Å². The molecule has 1 fully saturated rings. The van der Waals surface area contributed by atoms with Gasteiger partial charge in [-0.25, -0.2) is 0 Å². The average molecular weight is 522 g/mol.